The second kappa shape index (κ2) is 5.54. The Hall–Kier alpha value is -1.78. The molecule has 1 aliphatic rings. The predicted octanol–water partition coefficient (Wildman–Crippen LogP) is 2.51. The van der Waals surface area contributed by atoms with Crippen LogP contribution in [0.1, 0.15) is 25.0 Å². The lowest BCUT2D eigenvalue weighted by atomic mass is 10.1. The van der Waals surface area contributed by atoms with E-state index in [0.29, 0.717) is 12.2 Å². The number of anilines is 1. The highest BCUT2D eigenvalue weighted by Crippen LogP contribution is 2.36. The van der Waals surface area contributed by atoms with Crippen LogP contribution < -0.4 is 4.90 Å². The van der Waals surface area contributed by atoms with Crippen LogP contribution in [0.15, 0.2) is 18.2 Å². The standard InChI is InChI=1S/C14H15F3N2O2/c1-8(20)13-7-19(9(2)21-13)11-4-3-10(6-18)12(5-11)14(15,16)17/h3-5,8-9,13,20H,7H2,1-2H3/t8-,9+,13-/m0/s1. The lowest BCUT2D eigenvalue weighted by Crippen LogP contribution is -2.30. The van der Waals surface area contributed by atoms with Crippen molar-refractivity contribution < 1.29 is 23.0 Å². The fraction of sp³-hybridized carbons (Fsp3) is 0.500. The summed E-state index contributed by atoms with van der Waals surface area (Å²) in [6, 6.07) is 5.11. The molecule has 0 spiro atoms. The number of nitriles is 1. The van der Waals surface area contributed by atoms with E-state index in [-0.39, 0.29) is 0 Å². The second-order valence-corrected chi connectivity index (χ2v) is 5.01. The number of hydrogen-bond acceptors (Lipinski definition) is 4. The third-order valence-electron chi connectivity index (χ3n) is 3.49. The number of aliphatic hydroxyl groups excluding tert-OH is 1. The van der Waals surface area contributed by atoms with Gasteiger partial charge in [0, 0.05) is 12.2 Å². The van der Waals surface area contributed by atoms with E-state index in [4.69, 9.17) is 10.00 Å². The fourth-order valence-electron chi connectivity index (χ4n) is 2.34. The van der Waals surface area contributed by atoms with Crippen molar-refractivity contribution >= 4 is 5.69 Å². The Kier molecular flexibility index (Phi) is 4.12. The molecular weight excluding hydrogens is 285 g/mol. The number of ether oxygens (including phenoxy) is 1. The molecule has 0 bridgehead atoms. The van der Waals surface area contributed by atoms with Crippen LogP contribution in [0.2, 0.25) is 0 Å². The van der Waals surface area contributed by atoms with Crippen molar-refractivity contribution in [1.29, 1.82) is 5.26 Å². The highest BCUT2D eigenvalue weighted by molar-refractivity contribution is 5.55. The smallest absolute Gasteiger partial charge is 0.391 e. The van der Waals surface area contributed by atoms with Gasteiger partial charge in [0.1, 0.15) is 12.3 Å². The SMILES string of the molecule is C[C@H](O)[C@@H]1CN(c2ccc(C#N)c(C(F)(F)F)c2)[C@@H](C)O1. The number of nitrogens with zero attached hydrogens (tertiary/aromatic N) is 2. The average Bonchev–Trinajstić information content (AvgIpc) is 2.79. The zero-order valence-corrected chi connectivity index (χ0v) is 11.6. The maximum absolute atomic E-state index is 13.0. The highest BCUT2D eigenvalue weighted by Gasteiger charge is 2.37. The summed E-state index contributed by atoms with van der Waals surface area (Å²) in [7, 11) is 0. The molecule has 1 aromatic carbocycles. The number of benzene rings is 1. The minimum absolute atomic E-state index is 0.294. The van der Waals surface area contributed by atoms with Crippen molar-refractivity contribution in [2.45, 2.75) is 38.5 Å². The summed E-state index contributed by atoms with van der Waals surface area (Å²) in [5, 5.41) is 18.3. The van der Waals surface area contributed by atoms with Crippen LogP contribution in [-0.2, 0) is 10.9 Å². The predicted molar refractivity (Wildman–Crippen MR) is 69.5 cm³/mol. The van der Waals surface area contributed by atoms with Gasteiger partial charge in [-0.25, -0.2) is 0 Å². The van der Waals surface area contributed by atoms with E-state index in [1.807, 2.05) is 0 Å². The van der Waals surface area contributed by atoms with Crippen molar-refractivity contribution in [1.82, 2.24) is 0 Å². The van der Waals surface area contributed by atoms with Gasteiger partial charge in [-0.05, 0) is 32.0 Å². The van der Waals surface area contributed by atoms with Gasteiger partial charge in [-0.2, -0.15) is 18.4 Å². The van der Waals surface area contributed by atoms with Gasteiger partial charge in [0.2, 0.25) is 0 Å². The van der Waals surface area contributed by atoms with Crippen molar-refractivity contribution in [3.8, 4) is 6.07 Å². The topological polar surface area (TPSA) is 56.5 Å². The Morgan fingerprint density at radius 3 is 2.62 bits per heavy atom. The molecule has 3 atom stereocenters. The first-order valence-corrected chi connectivity index (χ1v) is 6.45. The molecule has 1 N–H and O–H groups in total. The first kappa shape index (κ1) is 15.6. The maximum Gasteiger partial charge on any atom is 0.417 e. The van der Waals surface area contributed by atoms with E-state index in [0.717, 1.165) is 12.1 Å². The van der Waals surface area contributed by atoms with Crippen molar-refractivity contribution in [3.63, 3.8) is 0 Å². The zero-order valence-electron chi connectivity index (χ0n) is 11.6. The molecule has 7 heteroatoms. The van der Waals surface area contributed by atoms with E-state index in [9.17, 15) is 18.3 Å². The number of alkyl halides is 3. The van der Waals surface area contributed by atoms with Gasteiger partial charge < -0.3 is 14.7 Å². The van der Waals surface area contributed by atoms with Crippen LogP contribution in [0.4, 0.5) is 18.9 Å². The molecule has 0 unspecified atom stereocenters. The number of rotatable bonds is 2. The molecule has 0 radical (unpaired) electrons. The van der Waals surface area contributed by atoms with Crippen molar-refractivity contribution in [2.75, 3.05) is 11.4 Å². The van der Waals surface area contributed by atoms with Crippen LogP contribution in [0, 0.1) is 11.3 Å². The summed E-state index contributed by atoms with van der Waals surface area (Å²) in [6.45, 7) is 3.57. The summed E-state index contributed by atoms with van der Waals surface area (Å²) in [6.07, 6.45) is -6.20. The molecule has 0 aliphatic carbocycles. The van der Waals surface area contributed by atoms with Crippen LogP contribution in [0.5, 0.6) is 0 Å². The monoisotopic (exact) mass is 300 g/mol. The Balaban J connectivity index is 2.36. The van der Waals surface area contributed by atoms with E-state index in [1.165, 1.54) is 6.07 Å². The summed E-state index contributed by atoms with van der Waals surface area (Å²) < 4.78 is 44.4. The van der Waals surface area contributed by atoms with Crippen LogP contribution in [0.25, 0.3) is 0 Å². The molecule has 1 aromatic rings. The second-order valence-electron chi connectivity index (χ2n) is 5.01. The molecular formula is C14H15F3N2O2. The summed E-state index contributed by atoms with van der Waals surface area (Å²) in [5.41, 5.74) is -1.06. The molecule has 1 aliphatic heterocycles. The Labute approximate surface area is 120 Å². The molecule has 0 saturated carbocycles. The number of aliphatic hydroxyl groups is 1. The molecule has 0 aromatic heterocycles. The Bertz CT molecular complexity index is 566. The normalized spacial score (nSPS) is 24.0. The van der Waals surface area contributed by atoms with E-state index in [1.54, 1.807) is 24.8 Å². The summed E-state index contributed by atoms with van der Waals surface area (Å²) in [5.74, 6) is 0. The fourth-order valence-corrected chi connectivity index (χ4v) is 2.34. The molecule has 4 nitrogen and oxygen atoms in total. The van der Waals surface area contributed by atoms with Crippen molar-refractivity contribution in [2.24, 2.45) is 0 Å². The van der Waals surface area contributed by atoms with Gasteiger partial charge in [0.05, 0.1) is 23.3 Å². The van der Waals surface area contributed by atoms with Gasteiger partial charge >= 0.3 is 6.18 Å². The molecule has 0 amide bonds. The first-order chi connectivity index (χ1) is 9.74. The van der Waals surface area contributed by atoms with E-state index in [2.05, 4.69) is 0 Å². The molecule has 21 heavy (non-hydrogen) atoms. The van der Waals surface area contributed by atoms with Crippen molar-refractivity contribution in [3.05, 3.63) is 29.3 Å². The van der Waals surface area contributed by atoms with Gasteiger partial charge in [-0.3, -0.25) is 0 Å². The zero-order chi connectivity index (χ0) is 15.8. The summed E-state index contributed by atoms with van der Waals surface area (Å²) >= 11 is 0. The summed E-state index contributed by atoms with van der Waals surface area (Å²) in [4.78, 5) is 1.63. The maximum atomic E-state index is 13.0. The van der Waals surface area contributed by atoms with E-state index < -0.39 is 35.7 Å². The van der Waals surface area contributed by atoms with Crippen LogP contribution in [-0.4, -0.2) is 30.1 Å². The highest BCUT2D eigenvalue weighted by atomic mass is 19.4. The first-order valence-electron chi connectivity index (χ1n) is 6.45. The lowest BCUT2D eigenvalue weighted by Gasteiger charge is -2.23. The molecule has 1 fully saturated rings. The minimum atomic E-state index is -4.59. The third-order valence-corrected chi connectivity index (χ3v) is 3.49. The molecule has 1 heterocycles. The third kappa shape index (κ3) is 3.12. The quantitative estimate of drug-likeness (QED) is 0.912. The van der Waals surface area contributed by atoms with Crippen LogP contribution >= 0.6 is 0 Å². The number of hydrogen-bond donors (Lipinski definition) is 1. The molecule has 1 saturated heterocycles. The van der Waals surface area contributed by atoms with E-state index >= 15 is 0 Å². The van der Waals surface area contributed by atoms with Gasteiger partial charge in [-0.1, -0.05) is 0 Å². The van der Waals surface area contributed by atoms with Crippen LogP contribution in [0.3, 0.4) is 0 Å². The van der Waals surface area contributed by atoms with Gasteiger partial charge in [-0.15, -0.1) is 0 Å². The average molecular weight is 300 g/mol. The van der Waals surface area contributed by atoms with Gasteiger partial charge in [0.15, 0.2) is 0 Å². The van der Waals surface area contributed by atoms with Gasteiger partial charge in [0.25, 0.3) is 0 Å². The molecule has 2 rings (SSSR count). The minimum Gasteiger partial charge on any atom is -0.391 e. The largest absolute Gasteiger partial charge is 0.417 e. The Morgan fingerprint density at radius 1 is 1.48 bits per heavy atom. The molecule has 114 valence electrons. The lowest BCUT2D eigenvalue weighted by molar-refractivity contribution is -0.137. The number of halogens is 3. The Morgan fingerprint density at radius 2 is 2.14 bits per heavy atom.